The normalized spacial score (nSPS) is 15.4. The molecule has 0 fully saturated rings. The molecule has 1 aliphatic carbocycles. The van der Waals surface area contributed by atoms with E-state index in [4.69, 9.17) is 9.47 Å². The summed E-state index contributed by atoms with van der Waals surface area (Å²) >= 11 is 0. The third kappa shape index (κ3) is 2.15. The molecule has 2 aromatic carbocycles. The van der Waals surface area contributed by atoms with Gasteiger partial charge < -0.3 is 9.47 Å². The first kappa shape index (κ1) is 14.5. The summed E-state index contributed by atoms with van der Waals surface area (Å²) in [7, 11) is 0. The highest BCUT2D eigenvalue weighted by Crippen LogP contribution is 2.41. The molecule has 1 aliphatic heterocycles. The van der Waals surface area contributed by atoms with Gasteiger partial charge in [0.15, 0.2) is 11.5 Å². The average molecular weight is 337 g/mol. The van der Waals surface area contributed by atoms with Gasteiger partial charge in [-0.3, -0.25) is 9.36 Å². The summed E-state index contributed by atoms with van der Waals surface area (Å²) in [6.45, 7) is 0.204. The predicted molar refractivity (Wildman–Crippen MR) is 90.8 cm³/mol. The van der Waals surface area contributed by atoms with Gasteiger partial charge in [-0.05, 0) is 61.6 Å². The van der Waals surface area contributed by atoms with Crippen molar-refractivity contribution in [3.8, 4) is 11.5 Å². The highest BCUT2D eigenvalue weighted by Gasteiger charge is 2.27. The van der Waals surface area contributed by atoms with E-state index in [0.29, 0.717) is 11.3 Å². The largest absolute Gasteiger partial charge is 0.454 e. The third-order valence-corrected chi connectivity index (χ3v) is 5.06. The number of hydrogen-bond acceptors (Lipinski definition) is 3. The van der Waals surface area contributed by atoms with E-state index in [-0.39, 0.29) is 18.5 Å². The zero-order chi connectivity index (χ0) is 17.0. The minimum absolute atomic E-state index is 0.132. The molecule has 2 aliphatic rings. The molecule has 4 nitrogen and oxygen atoms in total. The average Bonchev–Trinajstić information content (AvgIpc) is 3.21. The number of aromatic nitrogens is 1. The Hall–Kier alpha value is -2.82. The van der Waals surface area contributed by atoms with Gasteiger partial charge in [-0.25, -0.2) is 4.39 Å². The summed E-state index contributed by atoms with van der Waals surface area (Å²) in [5, 5.41) is 1.05. The van der Waals surface area contributed by atoms with E-state index in [1.807, 2.05) is 12.1 Å². The van der Waals surface area contributed by atoms with Gasteiger partial charge in [-0.2, -0.15) is 0 Å². The van der Waals surface area contributed by atoms with Gasteiger partial charge in [0.1, 0.15) is 5.82 Å². The first-order valence-electron chi connectivity index (χ1n) is 8.48. The van der Waals surface area contributed by atoms with Crippen LogP contribution in [0.3, 0.4) is 0 Å². The molecule has 2 heterocycles. The quantitative estimate of drug-likeness (QED) is 0.672. The van der Waals surface area contributed by atoms with Crippen molar-refractivity contribution in [3.63, 3.8) is 0 Å². The third-order valence-electron chi connectivity index (χ3n) is 5.06. The van der Waals surface area contributed by atoms with Crippen LogP contribution < -0.4 is 9.47 Å². The van der Waals surface area contributed by atoms with Crippen LogP contribution in [0.1, 0.15) is 34.5 Å². The number of benzene rings is 2. The van der Waals surface area contributed by atoms with Crippen LogP contribution in [-0.2, 0) is 12.8 Å². The molecule has 0 bridgehead atoms. The van der Waals surface area contributed by atoms with E-state index >= 15 is 0 Å². The lowest BCUT2D eigenvalue weighted by atomic mass is 9.95. The molecule has 0 saturated carbocycles. The van der Waals surface area contributed by atoms with Crippen LogP contribution in [0, 0.1) is 5.82 Å². The van der Waals surface area contributed by atoms with Gasteiger partial charge in [0.05, 0.1) is 5.52 Å². The molecule has 3 aromatic rings. The highest BCUT2D eigenvalue weighted by molar-refractivity contribution is 6.05. The number of hydrogen-bond donors (Lipinski definition) is 0. The molecule has 5 rings (SSSR count). The van der Waals surface area contributed by atoms with Gasteiger partial charge in [-0.15, -0.1) is 0 Å². The van der Waals surface area contributed by atoms with E-state index in [2.05, 4.69) is 0 Å². The van der Waals surface area contributed by atoms with Crippen molar-refractivity contribution in [2.45, 2.75) is 25.7 Å². The number of ether oxygens (including phenoxy) is 2. The lowest BCUT2D eigenvalue weighted by molar-refractivity contribution is 0.0961. The number of rotatable bonds is 1. The minimum atomic E-state index is -0.348. The summed E-state index contributed by atoms with van der Waals surface area (Å²) in [6, 6.07) is 9.57. The number of aryl methyl sites for hydroxylation is 1. The van der Waals surface area contributed by atoms with Crippen molar-refractivity contribution in [1.29, 1.82) is 0 Å². The highest BCUT2D eigenvalue weighted by atomic mass is 19.1. The van der Waals surface area contributed by atoms with Crippen molar-refractivity contribution < 1.29 is 18.7 Å². The standard InChI is InChI=1S/C20H16FNO3/c21-13-7-5-12(6-8-13)20(23)22-16-4-2-1-3-14(16)15-9-18-19(10-17(15)22)25-11-24-18/h5-10H,1-4,11H2. The van der Waals surface area contributed by atoms with Crippen molar-refractivity contribution in [2.75, 3.05) is 6.79 Å². The van der Waals surface area contributed by atoms with Crippen molar-refractivity contribution >= 4 is 16.8 Å². The zero-order valence-corrected chi connectivity index (χ0v) is 13.5. The molecule has 0 atom stereocenters. The van der Waals surface area contributed by atoms with E-state index in [9.17, 15) is 9.18 Å². The molecular formula is C20H16FNO3. The lowest BCUT2D eigenvalue weighted by Gasteiger charge is -2.15. The fourth-order valence-electron chi connectivity index (χ4n) is 3.88. The van der Waals surface area contributed by atoms with Crippen LogP contribution >= 0.6 is 0 Å². The maximum Gasteiger partial charge on any atom is 0.262 e. The Morgan fingerprint density at radius 3 is 2.52 bits per heavy atom. The number of carbonyl (C=O) groups is 1. The predicted octanol–water partition coefficient (Wildman–Crippen LogP) is 4.08. The van der Waals surface area contributed by atoms with Crippen LogP contribution in [0.5, 0.6) is 11.5 Å². The van der Waals surface area contributed by atoms with Crippen molar-refractivity contribution in [3.05, 3.63) is 59.0 Å². The van der Waals surface area contributed by atoms with Crippen LogP contribution in [0.15, 0.2) is 36.4 Å². The van der Waals surface area contributed by atoms with E-state index < -0.39 is 0 Å². The van der Waals surface area contributed by atoms with Crippen LogP contribution in [0.25, 0.3) is 10.9 Å². The molecule has 0 unspecified atom stereocenters. The second kappa shape index (κ2) is 5.34. The Morgan fingerprint density at radius 1 is 1.00 bits per heavy atom. The van der Waals surface area contributed by atoms with Crippen LogP contribution in [0.4, 0.5) is 4.39 Å². The van der Waals surface area contributed by atoms with Gasteiger partial charge >= 0.3 is 0 Å². The second-order valence-corrected chi connectivity index (χ2v) is 6.50. The van der Waals surface area contributed by atoms with Crippen molar-refractivity contribution in [2.24, 2.45) is 0 Å². The lowest BCUT2D eigenvalue weighted by Crippen LogP contribution is -2.17. The van der Waals surface area contributed by atoms with Gasteiger partial charge in [0, 0.05) is 22.7 Å². The molecule has 126 valence electrons. The number of halogens is 1. The Kier molecular flexibility index (Phi) is 3.10. The monoisotopic (exact) mass is 337 g/mol. The first-order chi connectivity index (χ1) is 12.2. The van der Waals surface area contributed by atoms with Gasteiger partial charge in [0.2, 0.25) is 6.79 Å². The summed E-state index contributed by atoms with van der Waals surface area (Å²) in [5.74, 6) is 0.911. The topological polar surface area (TPSA) is 40.5 Å². The molecule has 0 radical (unpaired) electrons. The first-order valence-corrected chi connectivity index (χ1v) is 8.48. The fraction of sp³-hybridized carbons (Fsp3) is 0.250. The molecule has 25 heavy (non-hydrogen) atoms. The van der Waals surface area contributed by atoms with E-state index in [1.165, 1.54) is 29.8 Å². The summed E-state index contributed by atoms with van der Waals surface area (Å²) in [4.78, 5) is 13.2. The van der Waals surface area contributed by atoms with E-state index in [1.54, 1.807) is 4.57 Å². The maximum absolute atomic E-state index is 13.2. The molecule has 0 spiro atoms. The Labute approximate surface area is 143 Å². The second-order valence-electron chi connectivity index (χ2n) is 6.50. The minimum Gasteiger partial charge on any atom is -0.454 e. The number of carbonyl (C=O) groups excluding carboxylic acids is 1. The summed E-state index contributed by atoms with van der Waals surface area (Å²) in [5.41, 5.74) is 3.59. The smallest absolute Gasteiger partial charge is 0.262 e. The zero-order valence-electron chi connectivity index (χ0n) is 13.5. The Morgan fingerprint density at radius 2 is 1.72 bits per heavy atom. The van der Waals surface area contributed by atoms with Crippen molar-refractivity contribution in [1.82, 2.24) is 4.57 Å². The van der Waals surface area contributed by atoms with Crippen LogP contribution in [0.2, 0.25) is 0 Å². The van der Waals surface area contributed by atoms with E-state index in [0.717, 1.165) is 48.0 Å². The molecular weight excluding hydrogens is 321 g/mol. The number of nitrogens with zero attached hydrogens (tertiary/aromatic N) is 1. The van der Waals surface area contributed by atoms with Crippen LogP contribution in [-0.4, -0.2) is 17.3 Å². The SMILES string of the molecule is O=C(c1ccc(F)cc1)n1c2c(c3cc4c(cc31)OCO4)CCCC2. The molecule has 1 aromatic heterocycles. The number of fused-ring (bicyclic) bond motifs is 4. The molecule has 5 heteroatoms. The van der Waals surface area contributed by atoms with Gasteiger partial charge in [0.25, 0.3) is 5.91 Å². The summed E-state index contributed by atoms with van der Waals surface area (Å²) < 4.78 is 26.0. The molecule has 0 saturated heterocycles. The Balaban J connectivity index is 1.76. The molecule has 0 amide bonds. The molecule has 0 N–H and O–H groups in total. The summed E-state index contributed by atoms with van der Waals surface area (Å²) in [6.07, 6.45) is 4.00. The maximum atomic E-state index is 13.2. The fourth-order valence-corrected chi connectivity index (χ4v) is 3.88. The van der Waals surface area contributed by atoms with Gasteiger partial charge in [-0.1, -0.05) is 0 Å². The Bertz CT molecular complexity index is 1000.